The van der Waals surface area contributed by atoms with Gasteiger partial charge in [-0.1, -0.05) is 48.0 Å². The number of hydrogen-bond donors (Lipinski definition) is 3. The molecule has 0 saturated heterocycles. The lowest BCUT2D eigenvalue weighted by molar-refractivity contribution is 0.232. The summed E-state index contributed by atoms with van der Waals surface area (Å²) < 4.78 is 0. The number of aliphatic hydroxyl groups excluding tert-OH is 1. The van der Waals surface area contributed by atoms with E-state index >= 15 is 0 Å². The SMILES string of the molecule is Cc1ccc(O)c(C(C)N[C@H](CO)Cc2ccccc2)c1. The first kappa shape index (κ1) is 15.5. The van der Waals surface area contributed by atoms with Gasteiger partial charge in [0.05, 0.1) is 6.61 Å². The van der Waals surface area contributed by atoms with Crippen LogP contribution in [0.4, 0.5) is 0 Å². The maximum atomic E-state index is 9.98. The van der Waals surface area contributed by atoms with E-state index in [1.807, 2.05) is 44.2 Å². The lowest BCUT2D eigenvalue weighted by Gasteiger charge is -2.23. The molecule has 0 amide bonds. The second-order valence-electron chi connectivity index (χ2n) is 5.52. The summed E-state index contributed by atoms with van der Waals surface area (Å²) in [6.07, 6.45) is 0.758. The molecule has 0 fully saturated rings. The van der Waals surface area contributed by atoms with Gasteiger partial charge in [0.15, 0.2) is 0 Å². The molecule has 3 nitrogen and oxygen atoms in total. The third-order valence-corrected chi connectivity index (χ3v) is 3.68. The second kappa shape index (κ2) is 7.25. The van der Waals surface area contributed by atoms with Crippen molar-refractivity contribution in [2.75, 3.05) is 6.61 Å². The van der Waals surface area contributed by atoms with Gasteiger partial charge in [0.25, 0.3) is 0 Å². The van der Waals surface area contributed by atoms with E-state index in [0.29, 0.717) is 0 Å². The number of aromatic hydroxyl groups is 1. The molecule has 21 heavy (non-hydrogen) atoms. The third kappa shape index (κ3) is 4.31. The maximum Gasteiger partial charge on any atom is 0.120 e. The van der Waals surface area contributed by atoms with Gasteiger partial charge in [0, 0.05) is 17.6 Å². The Bertz CT molecular complexity index is 569. The summed E-state index contributed by atoms with van der Waals surface area (Å²) in [6, 6.07) is 15.6. The number of rotatable bonds is 6. The van der Waals surface area contributed by atoms with Gasteiger partial charge >= 0.3 is 0 Å². The van der Waals surface area contributed by atoms with Crippen molar-refractivity contribution in [2.45, 2.75) is 32.4 Å². The minimum Gasteiger partial charge on any atom is -0.508 e. The largest absolute Gasteiger partial charge is 0.508 e. The number of benzene rings is 2. The monoisotopic (exact) mass is 285 g/mol. The summed E-state index contributed by atoms with van der Waals surface area (Å²) in [4.78, 5) is 0. The molecule has 112 valence electrons. The van der Waals surface area contributed by atoms with Gasteiger partial charge in [-0.2, -0.15) is 0 Å². The fourth-order valence-corrected chi connectivity index (χ4v) is 2.54. The zero-order valence-corrected chi connectivity index (χ0v) is 12.6. The van der Waals surface area contributed by atoms with Crippen molar-refractivity contribution in [3.63, 3.8) is 0 Å². The molecule has 2 atom stereocenters. The molecule has 2 rings (SSSR count). The topological polar surface area (TPSA) is 52.5 Å². The number of aliphatic hydroxyl groups is 1. The predicted molar refractivity (Wildman–Crippen MR) is 85.4 cm³/mol. The standard InChI is InChI=1S/C18H23NO2/c1-13-8-9-18(21)17(10-13)14(2)19-16(12-20)11-15-6-4-3-5-7-15/h3-10,14,16,19-21H,11-12H2,1-2H3/t14?,16-/m0/s1. The van der Waals surface area contributed by atoms with Gasteiger partial charge in [0.1, 0.15) is 5.75 Å². The van der Waals surface area contributed by atoms with Crippen LogP contribution in [0.2, 0.25) is 0 Å². The second-order valence-corrected chi connectivity index (χ2v) is 5.52. The molecule has 1 unspecified atom stereocenters. The summed E-state index contributed by atoms with van der Waals surface area (Å²) in [5.41, 5.74) is 3.16. The van der Waals surface area contributed by atoms with E-state index in [2.05, 4.69) is 17.4 Å². The lowest BCUT2D eigenvalue weighted by Crippen LogP contribution is -2.36. The van der Waals surface area contributed by atoms with Crippen LogP contribution in [0.15, 0.2) is 48.5 Å². The summed E-state index contributed by atoms with van der Waals surface area (Å²) in [7, 11) is 0. The summed E-state index contributed by atoms with van der Waals surface area (Å²) in [5, 5.41) is 22.9. The molecule has 0 saturated carbocycles. The van der Waals surface area contributed by atoms with Gasteiger partial charge in [-0.15, -0.1) is 0 Å². The van der Waals surface area contributed by atoms with Crippen LogP contribution in [0.1, 0.15) is 29.7 Å². The molecular weight excluding hydrogens is 262 g/mol. The molecule has 0 spiro atoms. The first-order valence-electron chi connectivity index (χ1n) is 7.30. The molecule has 3 N–H and O–H groups in total. The number of phenols is 1. The van der Waals surface area contributed by atoms with Gasteiger partial charge in [0.2, 0.25) is 0 Å². The highest BCUT2D eigenvalue weighted by molar-refractivity contribution is 5.37. The molecule has 0 heterocycles. The number of hydrogen-bond acceptors (Lipinski definition) is 3. The van der Waals surface area contributed by atoms with Crippen LogP contribution in [0.3, 0.4) is 0 Å². The number of phenolic OH excluding ortho intramolecular Hbond substituents is 1. The van der Waals surface area contributed by atoms with Crippen LogP contribution in [0.5, 0.6) is 5.75 Å². The highest BCUT2D eigenvalue weighted by Crippen LogP contribution is 2.25. The first-order chi connectivity index (χ1) is 10.1. The quantitative estimate of drug-likeness (QED) is 0.765. The molecule has 0 aromatic heterocycles. The molecule has 3 heteroatoms. The summed E-state index contributed by atoms with van der Waals surface area (Å²) in [5.74, 6) is 0.289. The van der Waals surface area contributed by atoms with Crippen molar-refractivity contribution in [1.29, 1.82) is 0 Å². The van der Waals surface area contributed by atoms with Crippen LogP contribution in [0, 0.1) is 6.92 Å². The van der Waals surface area contributed by atoms with E-state index in [1.54, 1.807) is 6.07 Å². The van der Waals surface area contributed by atoms with Crippen LogP contribution in [-0.2, 0) is 6.42 Å². The molecule has 0 radical (unpaired) electrons. The third-order valence-electron chi connectivity index (χ3n) is 3.68. The minimum absolute atomic E-state index is 0.0224. The van der Waals surface area contributed by atoms with E-state index in [-0.39, 0.29) is 24.4 Å². The fourth-order valence-electron chi connectivity index (χ4n) is 2.54. The van der Waals surface area contributed by atoms with Crippen molar-refractivity contribution in [3.05, 3.63) is 65.2 Å². The maximum absolute atomic E-state index is 9.98. The smallest absolute Gasteiger partial charge is 0.120 e. The van der Waals surface area contributed by atoms with Gasteiger partial charge in [-0.25, -0.2) is 0 Å². The molecule has 0 aliphatic heterocycles. The van der Waals surface area contributed by atoms with E-state index < -0.39 is 0 Å². The van der Waals surface area contributed by atoms with E-state index in [0.717, 1.165) is 17.5 Å². The zero-order chi connectivity index (χ0) is 15.2. The van der Waals surface area contributed by atoms with Crippen molar-refractivity contribution < 1.29 is 10.2 Å². The van der Waals surface area contributed by atoms with E-state index in [4.69, 9.17) is 0 Å². The average molecular weight is 285 g/mol. The van der Waals surface area contributed by atoms with Crippen molar-refractivity contribution in [3.8, 4) is 5.75 Å². The molecule has 2 aromatic carbocycles. The molecule has 0 aliphatic rings. The highest BCUT2D eigenvalue weighted by Gasteiger charge is 2.16. The molecule has 2 aromatic rings. The van der Waals surface area contributed by atoms with Crippen molar-refractivity contribution in [2.24, 2.45) is 0 Å². The van der Waals surface area contributed by atoms with Gasteiger partial charge in [-0.3, -0.25) is 0 Å². The Hall–Kier alpha value is -1.84. The Balaban J connectivity index is 2.05. The lowest BCUT2D eigenvalue weighted by atomic mass is 10.0. The van der Waals surface area contributed by atoms with Gasteiger partial charge < -0.3 is 15.5 Å². The Morgan fingerprint density at radius 1 is 1.10 bits per heavy atom. The average Bonchev–Trinajstić information content (AvgIpc) is 2.50. The van der Waals surface area contributed by atoms with E-state index in [9.17, 15) is 10.2 Å². The normalized spacial score (nSPS) is 13.9. The van der Waals surface area contributed by atoms with Crippen LogP contribution < -0.4 is 5.32 Å². The molecule has 0 bridgehead atoms. The summed E-state index contributed by atoms with van der Waals surface area (Å²) >= 11 is 0. The number of aryl methyl sites for hydroxylation is 1. The summed E-state index contributed by atoms with van der Waals surface area (Å²) in [6.45, 7) is 4.07. The number of nitrogens with one attached hydrogen (secondary N) is 1. The highest BCUT2D eigenvalue weighted by atomic mass is 16.3. The van der Waals surface area contributed by atoms with Crippen LogP contribution in [-0.4, -0.2) is 22.9 Å². The first-order valence-corrected chi connectivity index (χ1v) is 7.30. The molecule has 0 aliphatic carbocycles. The van der Waals surface area contributed by atoms with Crippen molar-refractivity contribution in [1.82, 2.24) is 5.32 Å². The van der Waals surface area contributed by atoms with E-state index in [1.165, 1.54) is 5.56 Å². The Kier molecular flexibility index (Phi) is 5.37. The van der Waals surface area contributed by atoms with Crippen LogP contribution >= 0.6 is 0 Å². The fraction of sp³-hybridized carbons (Fsp3) is 0.333. The molecular formula is C18H23NO2. The Morgan fingerprint density at radius 3 is 2.48 bits per heavy atom. The minimum atomic E-state index is -0.0395. The van der Waals surface area contributed by atoms with Crippen molar-refractivity contribution >= 4 is 0 Å². The van der Waals surface area contributed by atoms with Crippen LogP contribution in [0.25, 0.3) is 0 Å². The zero-order valence-electron chi connectivity index (χ0n) is 12.6. The Morgan fingerprint density at radius 2 is 1.81 bits per heavy atom. The Labute approximate surface area is 126 Å². The predicted octanol–water partition coefficient (Wildman–Crippen LogP) is 2.95. The van der Waals surface area contributed by atoms with Gasteiger partial charge in [-0.05, 0) is 31.9 Å².